The number of benzene rings is 2. The van der Waals surface area contributed by atoms with E-state index in [2.05, 4.69) is 0 Å². The monoisotopic (exact) mass is 338 g/mol. The first-order valence-corrected chi connectivity index (χ1v) is 8.48. The third kappa shape index (κ3) is 3.29. The average molecular weight is 338 g/mol. The average Bonchev–Trinajstić information content (AvgIpc) is 3.57. The third-order valence-electron chi connectivity index (χ3n) is 5.14. The molecule has 0 atom stereocenters. The first-order valence-electron chi connectivity index (χ1n) is 8.48. The molecule has 0 aliphatic heterocycles. The Morgan fingerprint density at radius 1 is 0.800 bits per heavy atom. The minimum atomic E-state index is -0.686. The van der Waals surface area contributed by atoms with Crippen LogP contribution in [0.1, 0.15) is 36.8 Å². The van der Waals surface area contributed by atoms with Crippen molar-refractivity contribution in [2.45, 2.75) is 36.5 Å². The number of hydrogen-bond donors (Lipinski definition) is 1. The van der Waals surface area contributed by atoms with Gasteiger partial charge in [0.15, 0.2) is 0 Å². The molecule has 0 radical (unpaired) electrons. The fraction of sp³-hybridized carbons (Fsp3) is 0.333. The van der Waals surface area contributed by atoms with E-state index in [-0.39, 0.29) is 11.4 Å². The summed E-state index contributed by atoms with van der Waals surface area (Å²) in [5.41, 5.74) is 1.18. The fourth-order valence-electron chi connectivity index (χ4n) is 3.20. The maximum Gasteiger partial charge on any atom is 0.316 e. The summed E-state index contributed by atoms with van der Waals surface area (Å²) in [5, 5.41) is 8.96. The molecule has 2 aromatic carbocycles. The Bertz CT molecular complexity index is 744. The molecule has 0 aromatic heterocycles. The second kappa shape index (κ2) is 6.71. The third-order valence-corrected chi connectivity index (χ3v) is 5.14. The van der Waals surface area contributed by atoms with Crippen molar-refractivity contribution in [3.8, 4) is 0 Å². The second-order valence-corrected chi connectivity index (χ2v) is 6.69. The van der Waals surface area contributed by atoms with Gasteiger partial charge in [-0.15, -0.1) is 0 Å². The van der Waals surface area contributed by atoms with Gasteiger partial charge in [-0.2, -0.15) is 0 Å². The molecule has 0 amide bonds. The van der Waals surface area contributed by atoms with Crippen LogP contribution in [0, 0.1) is 0 Å². The number of carboxylic acids is 1. The van der Waals surface area contributed by atoms with Crippen molar-refractivity contribution >= 4 is 11.9 Å². The van der Waals surface area contributed by atoms with Gasteiger partial charge >= 0.3 is 11.9 Å². The van der Waals surface area contributed by atoms with Gasteiger partial charge in [-0.1, -0.05) is 60.7 Å². The molecule has 25 heavy (non-hydrogen) atoms. The van der Waals surface area contributed by atoms with E-state index in [0.29, 0.717) is 0 Å². The van der Waals surface area contributed by atoms with Crippen molar-refractivity contribution in [2.75, 3.05) is 7.11 Å². The molecular weight excluding hydrogens is 316 g/mol. The molecule has 2 fully saturated rings. The van der Waals surface area contributed by atoms with E-state index in [1.165, 1.54) is 7.11 Å². The van der Waals surface area contributed by atoms with Gasteiger partial charge in [0, 0.05) is 0 Å². The van der Waals surface area contributed by atoms with E-state index < -0.39 is 11.4 Å². The van der Waals surface area contributed by atoms with Crippen LogP contribution in [0.3, 0.4) is 0 Å². The predicted molar refractivity (Wildman–Crippen MR) is 94.4 cm³/mol. The minimum Gasteiger partial charge on any atom is -0.481 e. The van der Waals surface area contributed by atoms with E-state index in [0.717, 1.165) is 36.8 Å². The molecule has 0 heterocycles. The fourth-order valence-corrected chi connectivity index (χ4v) is 3.20. The van der Waals surface area contributed by atoms with Crippen LogP contribution in [0.5, 0.6) is 0 Å². The van der Waals surface area contributed by atoms with Crippen LogP contribution in [0.25, 0.3) is 0 Å². The van der Waals surface area contributed by atoms with Crippen LogP contribution >= 0.6 is 0 Å². The van der Waals surface area contributed by atoms with Gasteiger partial charge in [-0.05, 0) is 36.8 Å². The van der Waals surface area contributed by atoms with E-state index in [1.54, 1.807) is 0 Å². The summed E-state index contributed by atoms with van der Waals surface area (Å²) in [4.78, 5) is 22.4. The lowest BCUT2D eigenvalue weighted by atomic mass is 9.96. The quantitative estimate of drug-likeness (QED) is 0.864. The molecule has 0 unspecified atom stereocenters. The van der Waals surface area contributed by atoms with Crippen molar-refractivity contribution in [3.05, 3.63) is 71.8 Å². The molecule has 2 aliphatic rings. The van der Waals surface area contributed by atoms with Crippen molar-refractivity contribution < 1.29 is 19.4 Å². The van der Waals surface area contributed by atoms with Crippen LogP contribution in [-0.4, -0.2) is 24.2 Å². The van der Waals surface area contributed by atoms with E-state index in [4.69, 9.17) is 9.84 Å². The maximum absolute atomic E-state index is 11.5. The lowest BCUT2D eigenvalue weighted by Gasteiger charge is -2.11. The summed E-state index contributed by atoms with van der Waals surface area (Å²) < 4.78 is 4.79. The maximum atomic E-state index is 11.5. The predicted octanol–water partition coefficient (Wildman–Crippen LogP) is 3.69. The highest BCUT2D eigenvalue weighted by molar-refractivity contribution is 5.86. The van der Waals surface area contributed by atoms with Crippen molar-refractivity contribution in [1.82, 2.24) is 0 Å². The molecular formula is C21H22O4. The smallest absolute Gasteiger partial charge is 0.316 e. The molecule has 130 valence electrons. The first-order chi connectivity index (χ1) is 12.0. The zero-order valence-corrected chi connectivity index (χ0v) is 14.3. The van der Waals surface area contributed by atoms with Crippen LogP contribution < -0.4 is 0 Å². The largest absolute Gasteiger partial charge is 0.481 e. The van der Waals surface area contributed by atoms with Crippen molar-refractivity contribution in [3.63, 3.8) is 0 Å². The number of carbonyl (C=O) groups is 2. The lowest BCUT2D eigenvalue weighted by molar-refractivity contribution is -0.143. The SMILES string of the molecule is COC(=O)C1(c2ccccc2)CC1.O=C(O)C1(c2ccccc2)CC1. The second-order valence-electron chi connectivity index (χ2n) is 6.69. The summed E-state index contributed by atoms with van der Waals surface area (Å²) in [5.74, 6) is -0.785. The lowest BCUT2D eigenvalue weighted by Crippen LogP contribution is -2.21. The Morgan fingerprint density at radius 3 is 1.52 bits per heavy atom. The zero-order chi connectivity index (χ0) is 17.9. The number of aliphatic carboxylic acids is 1. The van der Waals surface area contributed by atoms with E-state index in [1.807, 2.05) is 60.7 Å². The van der Waals surface area contributed by atoms with E-state index in [9.17, 15) is 9.59 Å². The molecule has 0 bridgehead atoms. The molecule has 0 spiro atoms. The summed E-state index contributed by atoms with van der Waals surface area (Å²) >= 11 is 0. The van der Waals surface area contributed by atoms with E-state index >= 15 is 0 Å². The number of hydrogen-bond acceptors (Lipinski definition) is 3. The molecule has 4 heteroatoms. The molecule has 2 saturated carbocycles. The molecule has 0 saturated heterocycles. The number of methoxy groups -OCH3 is 1. The van der Waals surface area contributed by atoms with Crippen molar-refractivity contribution in [1.29, 1.82) is 0 Å². The van der Waals surface area contributed by atoms with Gasteiger partial charge in [0.2, 0.25) is 0 Å². The molecule has 2 aromatic rings. The number of rotatable bonds is 4. The van der Waals surface area contributed by atoms with Crippen molar-refractivity contribution in [2.24, 2.45) is 0 Å². The number of ether oxygens (including phenoxy) is 1. The van der Waals surface area contributed by atoms with Gasteiger partial charge in [0.25, 0.3) is 0 Å². The van der Waals surface area contributed by atoms with Gasteiger partial charge in [-0.3, -0.25) is 9.59 Å². The summed E-state index contributed by atoms with van der Waals surface area (Å²) in [7, 11) is 1.45. The number of esters is 1. The van der Waals surface area contributed by atoms with Crippen LogP contribution in [-0.2, 0) is 25.2 Å². The summed E-state index contributed by atoms with van der Waals surface area (Å²) in [6.07, 6.45) is 3.41. The van der Waals surface area contributed by atoms with Gasteiger partial charge in [0.05, 0.1) is 17.9 Å². The Hall–Kier alpha value is -2.62. The zero-order valence-electron chi connectivity index (χ0n) is 14.3. The Balaban J connectivity index is 0.000000146. The van der Waals surface area contributed by atoms with Gasteiger partial charge in [-0.25, -0.2) is 0 Å². The van der Waals surface area contributed by atoms with Crippen LogP contribution in [0.2, 0.25) is 0 Å². The van der Waals surface area contributed by atoms with Gasteiger partial charge < -0.3 is 9.84 Å². The highest BCUT2D eigenvalue weighted by Gasteiger charge is 2.52. The molecule has 4 nitrogen and oxygen atoms in total. The Morgan fingerprint density at radius 2 is 1.20 bits per heavy atom. The number of carbonyl (C=O) groups excluding carboxylic acids is 1. The molecule has 1 N–H and O–H groups in total. The summed E-state index contributed by atoms with van der Waals surface area (Å²) in [6, 6.07) is 19.3. The first kappa shape index (κ1) is 17.2. The van der Waals surface area contributed by atoms with Gasteiger partial charge in [0.1, 0.15) is 0 Å². The topological polar surface area (TPSA) is 63.6 Å². The standard InChI is InChI=1S/C11H12O2.C10H10O2/c1-13-10(12)11(7-8-11)9-5-3-2-4-6-9;11-9(12)10(6-7-10)8-4-2-1-3-5-8/h2-6H,7-8H2,1H3;1-5H,6-7H2,(H,11,12). The highest BCUT2D eigenvalue weighted by atomic mass is 16.5. The molecule has 4 rings (SSSR count). The Kier molecular flexibility index (Phi) is 4.62. The molecule has 2 aliphatic carbocycles. The van der Waals surface area contributed by atoms with Crippen LogP contribution in [0.15, 0.2) is 60.7 Å². The number of carboxylic acid groups (broad SMARTS) is 1. The summed E-state index contributed by atoms with van der Waals surface area (Å²) in [6.45, 7) is 0. The highest BCUT2D eigenvalue weighted by Crippen LogP contribution is 2.49. The van der Waals surface area contributed by atoms with Crippen LogP contribution in [0.4, 0.5) is 0 Å². The normalized spacial score (nSPS) is 18.3. The Labute approximate surface area is 147 Å². The minimum absolute atomic E-state index is 0.0984.